The quantitative estimate of drug-likeness (QED) is 0.309. The first kappa shape index (κ1) is 14.1. The minimum Gasteiger partial charge on any atom is -0.394 e. The average molecular weight is 266 g/mol. The van der Waals surface area contributed by atoms with Crippen LogP contribution in [0.2, 0.25) is 0 Å². The summed E-state index contributed by atoms with van der Waals surface area (Å²) in [5.74, 6) is -1.18. The van der Waals surface area contributed by atoms with Crippen molar-refractivity contribution in [1.82, 2.24) is 0 Å². The Kier molecular flexibility index (Phi) is 3.90. The summed E-state index contributed by atoms with van der Waals surface area (Å²) in [5, 5.41) is 57.6. The normalized spacial score (nSPS) is 53.0. The number of rotatable bonds is 3. The molecule has 7 atom stereocenters. The summed E-state index contributed by atoms with van der Waals surface area (Å²) in [6.07, 6.45) is -6.55. The Balaban J connectivity index is 2.23. The molecule has 0 aromatic rings. The smallest absolute Gasteiger partial charge is 0.163 e. The minimum absolute atomic E-state index is 0.265. The molecule has 6 N–H and O–H groups in total. The van der Waals surface area contributed by atoms with Crippen LogP contribution in [0.15, 0.2) is 0 Å². The molecule has 8 heteroatoms. The molecule has 0 aliphatic carbocycles. The van der Waals surface area contributed by atoms with E-state index in [9.17, 15) is 20.4 Å². The van der Waals surface area contributed by atoms with Crippen molar-refractivity contribution in [2.45, 2.75) is 42.9 Å². The van der Waals surface area contributed by atoms with Crippen LogP contribution in [0.1, 0.15) is 6.42 Å². The first-order valence-electron chi connectivity index (χ1n) is 5.73. The van der Waals surface area contributed by atoms with Crippen molar-refractivity contribution in [3.8, 4) is 0 Å². The molecular formula is C10H18O8. The van der Waals surface area contributed by atoms with Gasteiger partial charge in [0.05, 0.1) is 25.2 Å². The average Bonchev–Trinajstić information content (AvgIpc) is 2.76. The highest BCUT2D eigenvalue weighted by molar-refractivity contribution is 5.05. The van der Waals surface area contributed by atoms with E-state index < -0.39 is 55.6 Å². The second kappa shape index (κ2) is 4.99. The number of hydrogen-bond acceptors (Lipinski definition) is 8. The van der Waals surface area contributed by atoms with Crippen LogP contribution in [-0.2, 0) is 9.47 Å². The van der Waals surface area contributed by atoms with Crippen molar-refractivity contribution in [2.75, 3.05) is 13.2 Å². The van der Waals surface area contributed by atoms with Crippen LogP contribution in [0.3, 0.4) is 0 Å². The van der Waals surface area contributed by atoms with Crippen LogP contribution in [0, 0.1) is 5.92 Å². The van der Waals surface area contributed by atoms with Gasteiger partial charge >= 0.3 is 0 Å². The van der Waals surface area contributed by atoms with Gasteiger partial charge in [-0.05, 0) is 0 Å². The highest BCUT2D eigenvalue weighted by Gasteiger charge is 2.60. The SMILES string of the molecule is OC[C@H]1O[C@H](O)C([C@]2(O)C[C@@H](O)O[C@@H]2CO)[C@@H]1O. The van der Waals surface area contributed by atoms with Gasteiger partial charge in [-0.2, -0.15) is 0 Å². The molecular weight excluding hydrogens is 248 g/mol. The largest absolute Gasteiger partial charge is 0.394 e. The van der Waals surface area contributed by atoms with Gasteiger partial charge < -0.3 is 40.1 Å². The molecule has 2 fully saturated rings. The van der Waals surface area contributed by atoms with Gasteiger partial charge in [-0.1, -0.05) is 0 Å². The van der Waals surface area contributed by atoms with Gasteiger partial charge in [0.25, 0.3) is 0 Å². The Bertz CT molecular complexity index is 300. The number of aliphatic hydroxyl groups is 6. The molecule has 1 unspecified atom stereocenters. The maximum atomic E-state index is 10.4. The third-order valence-corrected chi connectivity index (χ3v) is 3.67. The number of hydrogen-bond donors (Lipinski definition) is 6. The molecule has 0 spiro atoms. The van der Waals surface area contributed by atoms with Crippen molar-refractivity contribution in [3.05, 3.63) is 0 Å². The van der Waals surface area contributed by atoms with Crippen molar-refractivity contribution >= 4 is 0 Å². The lowest BCUT2D eigenvalue weighted by atomic mass is 9.78. The minimum atomic E-state index is -1.82. The highest BCUT2D eigenvalue weighted by Crippen LogP contribution is 2.43. The molecule has 0 radical (unpaired) electrons. The van der Waals surface area contributed by atoms with Gasteiger partial charge in [0, 0.05) is 6.42 Å². The number of ether oxygens (including phenoxy) is 2. The second-order valence-electron chi connectivity index (χ2n) is 4.72. The van der Waals surface area contributed by atoms with E-state index in [0.29, 0.717) is 0 Å². The molecule has 0 aromatic heterocycles. The van der Waals surface area contributed by atoms with E-state index in [-0.39, 0.29) is 6.42 Å². The summed E-state index contributed by atoms with van der Waals surface area (Å²) in [4.78, 5) is 0. The van der Waals surface area contributed by atoms with Gasteiger partial charge in [0.15, 0.2) is 12.6 Å². The zero-order valence-electron chi connectivity index (χ0n) is 9.59. The zero-order chi connectivity index (χ0) is 13.5. The van der Waals surface area contributed by atoms with Gasteiger partial charge in [0.2, 0.25) is 0 Å². The lowest BCUT2D eigenvalue weighted by Gasteiger charge is -2.35. The lowest BCUT2D eigenvalue weighted by Crippen LogP contribution is -2.54. The van der Waals surface area contributed by atoms with Gasteiger partial charge in [-0.15, -0.1) is 0 Å². The van der Waals surface area contributed by atoms with Crippen molar-refractivity contribution in [3.63, 3.8) is 0 Å². The lowest BCUT2D eigenvalue weighted by molar-refractivity contribution is -0.179. The van der Waals surface area contributed by atoms with E-state index >= 15 is 0 Å². The summed E-state index contributed by atoms with van der Waals surface area (Å²) in [6.45, 7) is -1.09. The summed E-state index contributed by atoms with van der Waals surface area (Å²) in [6, 6.07) is 0. The van der Waals surface area contributed by atoms with Crippen LogP contribution in [0.4, 0.5) is 0 Å². The summed E-state index contributed by atoms with van der Waals surface area (Å²) < 4.78 is 9.84. The van der Waals surface area contributed by atoms with E-state index in [1.165, 1.54) is 0 Å². The van der Waals surface area contributed by atoms with Crippen LogP contribution in [0.25, 0.3) is 0 Å². The van der Waals surface area contributed by atoms with Crippen LogP contribution in [-0.4, -0.2) is 80.3 Å². The molecule has 2 aliphatic heterocycles. The van der Waals surface area contributed by atoms with Crippen LogP contribution < -0.4 is 0 Å². The first-order chi connectivity index (χ1) is 8.43. The summed E-state index contributed by atoms with van der Waals surface area (Å²) in [5.41, 5.74) is -1.82. The zero-order valence-corrected chi connectivity index (χ0v) is 9.59. The predicted octanol–water partition coefficient (Wildman–Crippen LogP) is -3.50. The molecule has 0 saturated carbocycles. The van der Waals surface area contributed by atoms with E-state index in [0.717, 1.165) is 0 Å². The van der Waals surface area contributed by atoms with Crippen LogP contribution in [0.5, 0.6) is 0 Å². The Morgan fingerprint density at radius 1 is 1.06 bits per heavy atom. The monoisotopic (exact) mass is 266 g/mol. The molecule has 0 amide bonds. The van der Waals surface area contributed by atoms with Gasteiger partial charge in [-0.25, -0.2) is 0 Å². The standard InChI is InChI=1S/C10H18O8/c11-2-4-8(14)7(9(15)17-4)10(16)1-6(13)18-5(10)3-12/h4-9,11-16H,1-3H2/t4-,5-,6+,7?,8-,9+,10+/m1/s1. The maximum absolute atomic E-state index is 10.4. The third kappa shape index (κ3) is 2.04. The first-order valence-corrected chi connectivity index (χ1v) is 5.73. The molecule has 2 aliphatic rings. The van der Waals surface area contributed by atoms with E-state index in [1.807, 2.05) is 0 Å². The molecule has 2 rings (SSSR count). The van der Waals surface area contributed by atoms with E-state index in [1.54, 1.807) is 0 Å². The van der Waals surface area contributed by atoms with E-state index in [4.69, 9.17) is 19.7 Å². The Hall–Kier alpha value is -0.320. The second-order valence-corrected chi connectivity index (χ2v) is 4.72. The Labute approximate surface area is 103 Å². The highest BCUT2D eigenvalue weighted by atomic mass is 16.6. The third-order valence-electron chi connectivity index (χ3n) is 3.67. The Morgan fingerprint density at radius 3 is 2.22 bits per heavy atom. The van der Waals surface area contributed by atoms with Gasteiger partial charge in [-0.3, -0.25) is 0 Å². The predicted molar refractivity (Wildman–Crippen MR) is 55.0 cm³/mol. The van der Waals surface area contributed by atoms with Crippen LogP contribution >= 0.6 is 0 Å². The topological polar surface area (TPSA) is 140 Å². The number of aliphatic hydroxyl groups excluding tert-OH is 5. The molecule has 2 saturated heterocycles. The molecule has 106 valence electrons. The van der Waals surface area contributed by atoms with Crippen molar-refractivity contribution in [1.29, 1.82) is 0 Å². The molecule has 0 bridgehead atoms. The molecule has 8 nitrogen and oxygen atoms in total. The van der Waals surface area contributed by atoms with Gasteiger partial charge in [0.1, 0.15) is 17.8 Å². The molecule has 18 heavy (non-hydrogen) atoms. The summed E-state index contributed by atoms with van der Waals surface area (Å²) in [7, 11) is 0. The molecule has 2 heterocycles. The van der Waals surface area contributed by atoms with E-state index in [2.05, 4.69) is 0 Å². The Morgan fingerprint density at radius 2 is 1.72 bits per heavy atom. The van der Waals surface area contributed by atoms with Crippen molar-refractivity contribution in [2.24, 2.45) is 5.92 Å². The maximum Gasteiger partial charge on any atom is 0.163 e. The fraction of sp³-hybridized carbons (Fsp3) is 1.00. The fourth-order valence-corrected chi connectivity index (χ4v) is 2.76. The summed E-state index contributed by atoms with van der Waals surface area (Å²) >= 11 is 0. The molecule has 0 aromatic carbocycles. The van der Waals surface area contributed by atoms with Crippen molar-refractivity contribution < 1.29 is 40.1 Å². The fourth-order valence-electron chi connectivity index (χ4n) is 2.76.